The lowest BCUT2D eigenvalue weighted by atomic mass is 10.1. The van der Waals surface area contributed by atoms with Gasteiger partial charge in [0.15, 0.2) is 0 Å². The second-order valence-electron chi connectivity index (χ2n) is 7.06. The third kappa shape index (κ3) is 4.52. The summed E-state index contributed by atoms with van der Waals surface area (Å²) in [4.78, 5) is 17.4. The first-order chi connectivity index (χ1) is 11.7. The standard InChI is InChI=1S/C19H29N3OS/c1-21-9-11-22(12-10-21)14-15-5-3-6-16(13-15)19(23)20-17-7-4-8-18(17)24-2/h3,5-6,13,17-18H,4,7-12,14H2,1-2H3,(H,20,23). The van der Waals surface area contributed by atoms with Crippen LogP contribution in [0.15, 0.2) is 24.3 Å². The van der Waals surface area contributed by atoms with E-state index in [1.54, 1.807) is 0 Å². The number of amides is 1. The molecule has 2 unspecified atom stereocenters. The number of nitrogens with one attached hydrogen (secondary N) is 1. The van der Waals surface area contributed by atoms with Gasteiger partial charge in [-0.15, -0.1) is 0 Å². The van der Waals surface area contributed by atoms with Gasteiger partial charge in [0.25, 0.3) is 5.91 Å². The third-order valence-electron chi connectivity index (χ3n) is 5.26. The minimum absolute atomic E-state index is 0.0844. The van der Waals surface area contributed by atoms with E-state index in [1.807, 2.05) is 23.9 Å². The summed E-state index contributed by atoms with van der Waals surface area (Å²) in [5.41, 5.74) is 2.04. The number of nitrogens with zero attached hydrogens (tertiary/aromatic N) is 2. The second-order valence-corrected chi connectivity index (χ2v) is 8.14. The number of carbonyl (C=O) groups excluding carboxylic acids is 1. The molecule has 1 amide bonds. The highest BCUT2D eigenvalue weighted by Crippen LogP contribution is 2.28. The SMILES string of the molecule is CSC1CCCC1NC(=O)c1cccc(CN2CCN(C)CC2)c1. The number of rotatable bonds is 5. The summed E-state index contributed by atoms with van der Waals surface area (Å²) in [6.07, 6.45) is 5.69. The Kier molecular flexibility index (Phi) is 6.19. The highest BCUT2D eigenvalue weighted by molar-refractivity contribution is 7.99. The first-order valence-electron chi connectivity index (χ1n) is 8.99. The van der Waals surface area contributed by atoms with Gasteiger partial charge in [0.05, 0.1) is 0 Å². The summed E-state index contributed by atoms with van der Waals surface area (Å²) in [5, 5.41) is 3.82. The van der Waals surface area contributed by atoms with Gasteiger partial charge in [-0.3, -0.25) is 9.69 Å². The van der Waals surface area contributed by atoms with Gasteiger partial charge in [-0.05, 0) is 43.8 Å². The Morgan fingerprint density at radius 3 is 2.79 bits per heavy atom. The number of benzene rings is 1. The summed E-state index contributed by atoms with van der Waals surface area (Å²) in [7, 11) is 2.17. The molecule has 1 saturated carbocycles. The van der Waals surface area contributed by atoms with E-state index in [0.29, 0.717) is 11.3 Å². The Labute approximate surface area is 150 Å². The summed E-state index contributed by atoms with van der Waals surface area (Å²) < 4.78 is 0. The lowest BCUT2D eigenvalue weighted by Crippen LogP contribution is -2.43. The van der Waals surface area contributed by atoms with Gasteiger partial charge in [0.2, 0.25) is 0 Å². The zero-order valence-corrected chi connectivity index (χ0v) is 15.6. The van der Waals surface area contributed by atoms with Gasteiger partial charge in [-0.25, -0.2) is 0 Å². The van der Waals surface area contributed by atoms with E-state index in [0.717, 1.165) is 44.7 Å². The van der Waals surface area contributed by atoms with Crippen LogP contribution in [-0.2, 0) is 6.54 Å². The first kappa shape index (κ1) is 17.8. The minimum Gasteiger partial charge on any atom is -0.348 e. The highest BCUT2D eigenvalue weighted by atomic mass is 32.2. The predicted molar refractivity (Wildman–Crippen MR) is 102 cm³/mol. The maximum atomic E-state index is 12.6. The van der Waals surface area contributed by atoms with Gasteiger partial charge >= 0.3 is 0 Å². The van der Waals surface area contributed by atoms with E-state index in [9.17, 15) is 4.79 Å². The lowest BCUT2D eigenvalue weighted by molar-refractivity contribution is 0.0938. The quantitative estimate of drug-likeness (QED) is 0.887. The molecule has 4 nitrogen and oxygen atoms in total. The Morgan fingerprint density at radius 2 is 2.04 bits per heavy atom. The number of carbonyl (C=O) groups is 1. The van der Waals surface area contributed by atoms with Crippen molar-refractivity contribution in [3.8, 4) is 0 Å². The number of hydrogen-bond donors (Lipinski definition) is 1. The van der Waals surface area contributed by atoms with Crippen LogP contribution in [0.3, 0.4) is 0 Å². The Morgan fingerprint density at radius 1 is 1.25 bits per heavy atom. The molecule has 1 aliphatic heterocycles. The van der Waals surface area contributed by atoms with Crippen LogP contribution in [0.5, 0.6) is 0 Å². The molecular weight excluding hydrogens is 318 g/mol. The van der Waals surface area contributed by atoms with E-state index in [-0.39, 0.29) is 5.91 Å². The molecule has 0 radical (unpaired) electrons. The number of hydrogen-bond acceptors (Lipinski definition) is 4. The zero-order valence-electron chi connectivity index (χ0n) is 14.8. The van der Waals surface area contributed by atoms with Crippen LogP contribution in [-0.4, -0.2) is 66.5 Å². The molecule has 0 bridgehead atoms. The van der Waals surface area contributed by atoms with Gasteiger partial charge < -0.3 is 10.2 Å². The maximum absolute atomic E-state index is 12.6. The monoisotopic (exact) mass is 347 g/mol. The molecule has 0 spiro atoms. The molecule has 1 saturated heterocycles. The maximum Gasteiger partial charge on any atom is 0.251 e. The van der Waals surface area contributed by atoms with Crippen molar-refractivity contribution in [3.63, 3.8) is 0 Å². The molecule has 2 atom stereocenters. The smallest absolute Gasteiger partial charge is 0.251 e. The molecule has 1 aromatic carbocycles. The highest BCUT2D eigenvalue weighted by Gasteiger charge is 2.28. The van der Waals surface area contributed by atoms with Gasteiger partial charge in [-0.1, -0.05) is 18.6 Å². The number of piperazine rings is 1. The third-order valence-corrected chi connectivity index (χ3v) is 6.43. The zero-order chi connectivity index (χ0) is 16.9. The minimum atomic E-state index is 0.0844. The van der Waals surface area contributed by atoms with Crippen LogP contribution < -0.4 is 5.32 Å². The van der Waals surface area contributed by atoms with E-state index >= 15 is 0 Å². The molecule has 1 aromatic rings. The summed E-state index contributed by atoms with van der Waals surface area (Å²) in [6.45, 7) is 5.39. The lowest BCUT2D eigenvalue weighted by Gasteiger charge is -2.32. The molecule has 24 heavy (non-hydrogen) atoms. The Balaban J connectivity index is 1.59. The first-order valence-corrected chi connectivity index (χ1v) is 10.3. The topological polar surface area (TPSA) is 35.6 Å². The van der Waals surface area contributed by atoms with E-state index < -0.39 is 0 Å². The van der Waals surface area contributed by atoms with Crippen molar-refractivity contribution in [1.82, 2.24) is 15.1 Å². The van der Waals surface area contributed by atoms with Gasteiger partial charge in [0, 0.05) is 49.6 Å². The van der Waals surface area contributed by atoms with Crippen molar-refractivity contribution >= 4 is 17.7 Å². The van der Waals surface area contributed by atoms with Crippen LogP contribution >= 0.6 is 11.8 Å². The van der Waals surface area contributed by atoms with Crippen LogP contribution in [0.4, 0.5) is 0 Å². The molecule has 2 fully saturated rings. The fourth-order valence-electron chi connectivity index (χ4n) is 3.70. The summed E-state index contributed by atoms with van der Waals surface area (Å²) in [5.74, 6) is 0.0844. The van der Waals surface area contributed by atoms with Crippen molar-refractivity contribution in [3.05, 3.63) is 35.4 Å². The average molecular weight is 348 g/mol. The number of likely N-dealkylation sites (N-methyl/N-ethyl adjacent to an activating group) is 1. The Bertz CT molecular complexity index is 557. The van der Waals surface area contributed by atoms with Crippen molar-refractivity contribution in [2.75, 3.05) is 39.5 Å². The van der Waals surface area contributed by atoms with Gasteiger partial charge in [-0.2, -0.15) is 11.8 Å². The van der Waals surface area contributed by atoms with E-state index in [4.69, 9.17) is 0 Å². The second kappa shape index (κ2) is 8.37. The summed E-state index contributed by atoms with van der Waals surface area (Å²) in [6, 6.07) is 8.48. The largest absolute Gasteiger partial charge is 0.348 e. The molecular formula is C19H29N3OS. The van der Waals surface area contributed by atoms with E-state index in [1.165, 1.54) is 18.4 Å². The number of thioether (sulfide) groups is 1. The van der Waals surface area contributed by atoms with Crippen LogP contribution in [0.2, 0.25) is 0 Å². The molecule has 2 aliphatic rings. The van der Waals surface area contributed by atoms with Crippen molar-refractivity contribution in [2.45, 2.75) is 37.1 Å². The molecule has 132 valence electrons. The molecule has 5 heteroatoms. The molecule has 1 heterocycles. The molecule has 0 aromatic heterocycles. The van der Waals surface area contributed by atoms with Crippen molar-refractivity contribution in [2.24, 2.45) is 0 Å². The van der Waals surface area contributed by atoms with E-state index in [2.05, 4.69) is 40.6 Å². The van der Waals surface area contributed by atoms with Crippen molar-refractivity contribution in [1.29, 1.82) is 0 Å². The predicted octanol–water partition coefficient (Wildman–Crippen LogP) is 2.45. The van der Waals surface area contributed by atoms with Crippen LogP contribution in [0.1, 0.15) is 35.2 Å². The van der Waals surface area contributed by atoms with Crippen LogP contribution in [0.25, 0.3) is 0 Å². The molecule has 1 aliphatic carbocycles. The average Bonchev–Trinajstić information content (AvgIpc) is 3.04. The Hall–Kier alpha value is -1.04. The summed E-state index contributed by atoms with van der Waals surface area (Å²) >= 11 is 1.88. The van der Waals surface area contributed by atoms with Crippen molar-refractivity contribution < 1.29 is 4.79 Å². The van der Waals surface area contributed by atoms with Crippen LogP contribution in [0, 0.1) is 0 Å². The van der Waals surface area contributed by atoms with Gasteiger partial charge in [0.1, 0.15) is 0 Å². The fourth-order valence-corrected chi connectivity index (χ4v) is 4.64. The fraction of sp³-hybridized carbons (Fsp3) is 0.632. The normalized spacial score (nSPS) is 25.8. The molecule has 3 rings (SSSR count). The molecule has 1 N–H and O–H groups in total.